The minimum absolute atomic E-state index is 0.0764. The molecule has 5 heterocycles. The molecule has 2 unspecified atom stereocenters. The van der Waals surface area contributed by atoms with E-state index in [4.69, 9.17) is 16.3 Å². The van der Waals surface area contributed by atoms with Gasteiger partial charge in [0, 0.05) is 61.9 Å². The van der Waals surface area contributed by atoms with Gasteiger partial charge in [-0.25, -0.2) is 8.78 Å². The van der Waals surface area contributed by atoms with Crippen molar-refractivity contribution in [3.8, 4) is 17.3 Å². The topological polar surface area (TPSA) is 74.7 Å². The molecule has 238 valence electrons. The van der Waals surface area contributed by atoms with Crippen LogP contribution in [0, 0.1) is 5.82 Å². The number of nitrogens with zero attached hydrogens (tertiary/aromatic N) is 6. The number of carbonyl (C=O) groups is 1. The third-order valence-electron chi connectivity index (χ3n) is 8.41. The third-order valence-corrected chi connectivity index (χ3v) is 8.73. The monoisotopic (exact) mass is 636 g/mol. The molecule has 1 amide bonds. The van der Waals surface area contributed by atoms with Gasteiger partial charge in [-0.15, -0.1) is 0 Å². The Morgan fingerprint density at radius 3 is 2.51 bits per heavy atom. The lowest BCUT2D eigenvalue weighted by Crippen LogP contribution is -2.25. The van der Waals surface area contributed by atoms with Gasteiger partial charge >= 0.3 is 6.01 Å². The number of halogens is 3. The summed E-state index contributed by atoms with van der Waals surface area (Å²) in [6.45, 7) is 7.11. The van der Waals surface area contributed by atoms with Gasteiger partial charge in [0.2, 0.25) is 5.91 Å². The highest BCUT2D eigenvalue weighted by Crippen LogP contribution is 2.37. The molecule has 0 spiro atoms. The standard InChI is InChI=1S/C20H16ClFN4O.C7H12FN.C7H11NO/c1-26(2)19-13-10-23-17(16(22)18(13)24-20(25-19)27-3)12-8-4-6-11-7-5-9-14(21)15(11)12;8-6-4-7-2-1-3-9(7)5-6;1-2-7(9)8-5-3-4-6-8/h4-10H,1-3H3;6-7H,1-5H2;2H,1,3-6H2. The SMILES string of the molecule is C=CC(=O)N1CCCC1.COc1nc(N(C)C)c2cnc(-c3cccc4cccc(Cl)c34)c(F)c2n1.FC1CC2CCCN2C1. The number of rotatable bonds is 4. The average Bonchev–Trinajstić information content (AvgIpc) is 3.80. The van der Waals surface area contributed by atoms with Crippen LogP contribution in [0.1, 0.15) is 32.1 Å². The second-order valence-electron chi connectivity index (χ2n) is 11.6. The van der Waals surface area contributed by atoms with E-state index < -0.39 is 12.0 Å². The van der Waals surface area contributed by atoms with Gasteiger partial charge in [-0.1, -0.05) is 48.5 Å². The first-order chi connectivity index (χ1) is 21.7. The molecule has 3 aliphatic heterocycles. The van der Waals surface area contributed by atoms with Crippen molar-refractivity contribution in [2.45, 2.75) is 44.3 Å². The van der Waals surface area contributed by atoms with Gasteiger partial charge < -0.3 is 14.5 Å². The number of hydrogen-bond donors (Lipinski definition) is 0. The van der Waals surface area contributed by atoms with Gasteiger partial charge in [0.1, 0.15) is 23.2 Å². The molecule has 2 aromatic heterocycles. The first-order valence-electron chi connectivity index (χ1n) is 15.3. The molecule has 0 aliphatic carbocycles. The van der Waals surface area contributed by atoms with E-state index in [2.05, 4.69) is 26.4 Å². The fraction of sp³-hybridized carbons (Fsp3) is 0.412. The summed E-state index contributed by atoms with van der Waals surface area (Å²) in [6, 6.07) is 11.9. The van der Waals surface area contributed by atoms with E-state index in [1.54, 1.807) is 23.2 Å². The zero-order chi connectivity index (χ0) is 32.1. The van der Waals surface area contributed by atoms with Crippen molar-refractivity contribution < 1.29 is 18.3 Å². The fourth-order valence-corrected chi connectivity index (χ4v) is 6.51. The Hall–Kier alpha value is -3.89. The number of ether oxygens (including phenoxy) is 1. The van der Waals surface area contributed by atoms with Gasteiger partial charge in [-0.05, 0) is 56.2 Å². The summed E-state index contributed by atoms with van der Waals surface area (Å²) < 4.78 is 33.3. The number of carbonyl (C=O) groups excluding carboxylic acids is 1. The van der Waals surface area contributed by atoms with Crippen LogP contribution >= 0.6 is 11.6 Å². The number of benzene rings is 2. The predicted octanol–water partition coefficient (Wildman–Crippen LogP) is 6.70. The van der Waals surface area contributed by atoms with Gasteiger partial charge in [0.15, 0.2) is 5.82 Å². The molecule has 4 aromatic rings. The van der Waals surface area contributed by atoms with Crippen LogP contribution in [-0.2, 0) is 4.79 Å². The Labute approximate surface area is 267 Å². The minimum Gasteiger partial charge on any atom is -0.467 e. The van der Waals surface area contributed by atoms with E-state index in [1.807, 2.05) is 43.3 Å². The number of hydrogen-bond acceptors (Lipinski definition) is 7. The van der Waals surface area contributed by atoms with Crippen LogP contribution in [-0.4, -0.2) is 90.3 Å². The number of methoxy groups -OCH3 is 1. The van der Waals surface area contributed by atoms with Gasteiger partial charge in [-0.3, -0.25) is 14.7 Å². The van der Waals surface area contributed by atoms with Crippen LogP contribution in [0.25, 0.3) is 32.9 Å². The molecule has 0 bridgehead atoms. The van der Waals surface area contributed by atoms with Gasteiger partial charge in [0.25, 0.3) is 0 Å². The zero-order valence-corrected chi connectivity index (χ0v) is 26.7. The lowest BCUT2D eigenvalue weighted by molar-refractivity contribution is -0.124. The first kappa shape index (κ1) is 32.5. The third kappa shape index (κ3) is 7.17. The maximum atomic E-state index is 15.5. The smallest absolute Gasteiger partial charge is 0.318 e. The Bertz CT molecular complexity index is 1660. The molecule has 7 rings (SSSR count). The van der Waals surface area contributed by atoms with E-state index in [0.717, 1.165) is 49.7 Å². The van der Waals surface area contributed by atoms with Crippen LogP contribution in [0.3, 0.4) is 0 Å². The number of alkyl halides is 1. The number of likely N-dealkylation sites (tertiary alicyclic amines) is 1. The number of pyridine rings is 1. The summed E-state index contributed by atoms with van der Waals surface area (Å²) in [5, 5.41) is 2.71. The predicted molar refractivity (Wildman–Crippen MR) is 176 cm³/mol. The Morgan fingerprint density at radius 1 is 1.11 bits per heavy atom. The Balaban J connectivity index is 0.000000179. The largest absolute Gasteiger partial charge is 0.467 e. The molecule has 0 N–H and O–H groups in total. The molecular formula is C34H39ClF2N6O2. The lowest BCUT2D eigenvalue weighted by atomic mass is 10.0. The summed E-state index contributed by atoms with van der Waals surface area (Å²) in [5.41, 5.74) is 0.952. The van der Waals surface area contributed by atoms with E-state index in [9.17, 15) is 9.18 Å². The van der Waals surface area contributed by atoms with Crippen LogP contribution in [0.5, 0.6) is 6.01 Å². The zero-order valence-electron chi connectivity index (χ0n) is 26.0. The quantitative estimate of drug-likeness (QED) is 0.231. The van der Waals surface area contributed by atoms with Gasteiger partial charge in [0.05, 0.1) is 12.5 Å². The van der Waals surface area contributed by atoms with Crippen molar-refractivity contribution in [3.63, 3.8) is 0 Å². The van der Waals surface area contributed by atoms with E-state index in [1.165, 1.54) is 26.0 Å². The number of anilines is 1. The Morgan fingerprint density at radius 2 is 1.84 bits per heavy atom. The highest BCUT2D eigenvalue weighted by atomic mass is 35.5. The summed E-state index contributed by atoms with van der Waals surface area (Å²) >= 11 is 6.39. The highest BCUT2D eigenvalue weighted by molar-refractivity contribution is 6.36. The van der Waals surface area contributed by atoms with Crippen molar-refractivity contribution >= 4 is 45.0 Å². The van der Waals surface area contributed by atoms with Crippen LogP contribution in [0.15, 0.2) is 55.3 Å². The van der Waals surface area contributed by atoms with E-state index in [0.29, 0.717) is 34.4 Å². The molecule has 3 aliphatic rings. The number of amides is 1. The van der Waals surface area contributed by atoms with Crippen LogP contribution in [0.2, 0.25) is 5.02 Å². The highest BCUT2D eigenvalue weighted by Gasteiger charge is 2.34. The number of fused-ring (bicyclic) bond motifs is 3. The molecule has 11 heteroatoms. The first-order valence-corrected chi connectivity index (χ1v) is 15.6. The molecule has 0 radical (unpaired) electrons. The van der Waals surface area contributed by atoms with Crippen molar-refractivity contribution in [3.05, 3.63) is 66.1 Å². The molecule has 2 aromatic carbocycles. The fourth-order valence-electron chi connectivity index (χ4n) is 6.23. The maximum absolute atomic E-state index is 15.5. The molecular weight excluding hydrogens is 598 g/mol. The van der Waals surface area contributed by atoms with Crippen molar-refractivity contribution in [2.24, 2.45) is 0 Å². The molecule has 3 fully saturated rings. The Kier molecular flexibility index (Phi) is 10.5. The van der Waals surface area contributed by atoms with Crippen LogP contribution < -0.4 is 9.64 Å². The molecule has 45 heavy (non-hydrogen) atoms. The second kappa shape index (κ2) is 14.5. The van der Waals surface area contributed by atoms with Crippen molar-refractivity contribution in [2.75, 3.05) is 52.3 Å². The molecule has 0 saturated carbocycles. The summed E-state index contributed by atoms with van der Waals surface area (Å²) in [7, 11) is 5.08. The number of aromatic nitrogens is 3. The molecule has 8 nitrogen and oxygen atoms in total. The second-order valence-corrected chi connectivity index (χ2v) is 12.0. The van der Waals surface area contributed by atoms with Crippen LogP contribution in [0.4, 0.5) is 14.6 Å². The van der Waals surface area contributed by atoms with E-state index >= 15 is 4.39 Å². The summed E-state index contributed by atoms with van der Waals surface area (Å²) in [4.78, 5) is 29.6. The van der Waals surface area contributed by atoms with E-state index in [-0.39, 0.29) is 23.1 Å². The minimum atomic E-state index is -0.538. The average molecular weight is 637 g/mol. The lowest BCUT2D eigenvalue weighted by Gasteiger charge is -2.16. The normalized spacial score (nSPS) is 19.0. The van der Waals surface area contributed by atoms with Crippen molar-refractivity contribution in [1.29, 1.82) is 0 Å². The summed E-state index contributed by atoms with van der Waals surface area (Å²) in [6.07, 6.45) is 8.08. The molecule has 3 saturated heterocycles. The van der Waals surface area contributed by atoms with Gasteiger partial charge in [-0.2, -0.15) is 9.97 Å². The van der Waals surface area contributed by atoms with Crippen molar-refractivity contribution in [1.82, 2.24) is 24.8 Å². The summed E-state index contributed by atoms with van der Waals surface area (Å²) in [5.74, 6) is 0.0713. The molecule has 2 atom stereocenters. The maximum Gasteiger partial charge on any atom is 0.318 e.